The van der Waals surface area contributed by atoms with E-state index in [0.717, 1.165) is 0 Å². The van der Waals surface area contributed by atoms with Crippen molar-refractivity contribution in [2.24, 2.45) is 5.73 Å². The Kier molecular flexibility index (Phi) is 2.51. The first-order valence-corrected chi connectivity index (χ1v) is 4.09. The molecule has 13 heavy (non-hydrogen) atoms. The second-order valence-electron chi connectivity index (χ2n) is 3.14. The molecule has 0 aliphatic carbocycles. The number of aromatic nitrogens is 1. The fourth-order valence-corrected chi connectivity index (χ4v) is 1.12. The van der Waals surface area contributed by atoms with Gasteiger partial charge in [0, 0.05) is 12.2 Å². The molecule has 4 nitrogen and oxygen atoms in total. The first-order chi connectivity index (χ1) is 6.04. The number of rotatable bonds is 2. The van der Waals surface area contributed by atoms with E-state index in [1.807, 2.05) is 13.8 Å². The Hall–Kier alpha value is -1.58. The van der Waals surface area contributed by atoms with Crippen LogP contribution in [0.15, 0.2) is 23.1 Å². The third-order valence-electron chi connectivity index (χ3n) is 1.82. The lowest BCUT2D eigenvalue weighted by atomic mass is 10.2. The number of nitrogen functional groups attached to an aromatic ring is 1. The summed E-state index contributed by atoms with van der Waals surface area (Å²) in [6.45, 7) is 3.82. The fraction of sp³-hybridized carbons (Fsp3) is 0.333. The highest BCUT2D eigenvalue weighted by Crippen LogP contribution is 2.00. The van der Waals surface area contributed by atoms with Gasteiger partial charge in [0.05, 0.1) is 5.56 Å². The molecule has 3 N–H and O–H groups in total. The van der Waals surface area contributed by atoms with Gasteiger partial charge in [0.15, 0.2) is 0 Å². The fourth-order valence-electron chi connectivity index (χ4n) is 1.12. The van der Waals surface area contributed by atoms with Crippen molar-refractivity contribution in [2.75, 3.05) is 0 Å². The first-order valence-electron chi connectivity index (χ1n) is 4.09. The van der Waals surface area contributed by atoms with E-state index >= 15 is 0 Å². The molecule has 4 heteroatoms. The largest absolute Gasteiger partial charge is 0.384 e. The molecular weight excluding hydrogens is 166 g/mol. The first kappa shape index (κ1) is 9.51. The number of amidine groups is 1. The van der Waals surface area contributed by atoms with Crippen LogP contribution in [-0.2, 0) is 0 Å². The Bertz CT molecular complexity index is 379. The summed E-state index contributed by atoms with van der Waals surface area (Å²) < 4.78 is 1.55. The van der Waals surface area contributed by atoms with E-state index in [2.05, 4.69) is 0 Å². The lowest BCUT2D eigenvalue weighted by Crippen LogP contribution is -2.29. The van der Waals surface area contributed by atoms with Gasteiger partial charge < -0.3 is 10.3 Å². The second kappa shape index (κ2) is 3.43. The third kappa shape index (κ3) is 1.77. The SMILES string of the molecule is CC(C)n1cccc(C(=N)N)c1=O. The van der Waals surface area contributed by atoms with Crippen LogP contribution in [0, 0.1) is 5.41 Å². The summed E-state index contributed by atoms with van der Waals surface area (Å²) in [7, 11) is 0. The minimum absolute atomic E-state index is 0.0896. The average Bonchev–Trinajstić information content (AvgIpc) is 2.03. The number of hydrogen-bond donors (Lipinski definition) is 2. The zero-order valence-corrected chi connectivity index (χ0v) is 7.74. The maximum Gasteiger partial charge on any atom is 0.261 e. The van der Waals surface area contributed by atoms with E-state index in [1.165, 1.54) is 0 Å². The monoisotopic (exact) mass is 179 g/mol. The van der Waals surface area contributed by atoms with Crippen LogP contribution in [0.1, 0.15) is 25.5 Å². The number of nitrogens with one attached hydrogen (secondary N) is 1. The van der Waals surface area contributed by atoms with Gasteiger partial charge in [0.2, 0.25) is 0 Å². The highest BCUT2D eigenvalue weighted by Gasteiger charge is 2.06. The van der Waals surface area contributed by atoms with Gasteiger partial charge >= 0.3 is 0 Å². The molecule has 0 saturated carbocycles. The quantitative estimate of drug-likeness (QED) is 0.518. The summed E-state index contributed by atoms with van der Waals surface area (Å²) in [6, 6.07) is 3.37. The van der Waals surface area contributed by atoms with Crippen molar-refractivity contribution >= 4 is 5.84 Å². The van der Waals surface area contributed by atoms with Gasteiger partial charge in [-0.15, -0.1) is 0 Å². The van der Waals surface area contributed by atoms with Crippen molar-refractivity contribution in [3.05, 3.63) is 34.2 Å². The Labute approximate surface area is 76.5 Å². The van der Waals surface area contributed by atoms with Crippen LogP contribution in [0.4, 0.5) is 0 Å². The summed E-state index contributed by atoms with van der Waals surface area (Å²) in [5.41, 5.74) is 5.31. The summed E-state index contributed by atoms with van der Waals surface area (Å²) in [4.78, 5) is 11.6. The van der Waals surface area contributed by atoms with Crippen LogP contribution in [-0.4, -0.2) is 10.4 Å². The van der Waals surface area contributed by atoms with Gasteiger partial charge in [-0.05, 0) is 26.0 Å². The summed E-state index contributed by atoms with van der Waals surface area (Å²) in [6.07, 6.45) is 1.69. The van der Waals surface area contributed by atoms with Gasteiger partial charge in [0.1, 0.15) is 5.84 Å². The molecule has 0 saturated heterocycles. The maximum atomic E-state index is 11.6. The van der Waals surface area contributed by atoms with E-state index in [1.54, 1.807) is 22.9 Å². The molecule has 0 radical (unpaired) electrons. The Morgan fingerprint density at radius 1 is 1.62 bits per heavy atom. The van der Waals surface area contributed by atoms with E-state index in [-0.39, 0.29) is 23.0 Å². The highest BCUT2D eigenvalue weighted by molar-refractivity contribution is 5.94. The number of hydrogen-bond acceptors (Lipinski definition) is 2. The normalized spacial score (nSPS) is 10.4. The van der Waals surface area contributed by atoms with E-state index in [9.17, 15) is 4.79 Å². The van der Waals surface area contributed by atoms with Crippen molar-refractivity contribution < 1.29 is 0 Å². The molecule has 0 aliphatic heterocycles. The number of nitrogens with two attached hydrogens (primary N) is 1. The lowest BCUT2D eigenvalue weighted by molar-refractivity contribution is 0.577. The topological polar surface area (TPSA) is 71.9 Å². The molecular formula is C9H13N3O. The van der Waals surface area contributed by atoms with Crippen LogP contribution in [0.25, 0.3) is 0 Å². The molecule has 0 atom stereocenters. The van der Waals surface area contributed by atoms with Gasteiger partial charge in [-0.1, -0.05) is 0 Å². The van der Waals surface area contributed by atoms with Crippen molar-refractivity contribution in [3.8, 4) is 0 Å². The third-order valence-corrected chi connectivity index (χ3v) is 1.82. The minimum atomic E-state index is -0.204. The molecule has 70 valence electrons. The van der Waals surface area contributed by atoms with Crippen LogP contribution in [0.3, 0.4) is 0 Å². The molecule has 0 fully saturated rings. The van der Waals surface area contributed by atoms with Crippen LogP contribution < -0.4 is 11.3 Å². The molecule has 0 spiro atoms. The molecule has 0 amide bonds. The smallest absolute Gasteiger partial charge is 0.261 e. The van der Waals surface area contributed by atoms with Crippen molar-refractivity contribution in [1.82, 2.24) is 4.57 Å². The lowest BCUT2D eigenvalue weighted by Gasteiger charge is -2.10. The average molecular weight is 179 g/mol. The van der Waals surface area contributed by atoms with E-state index in [4.69, 9.17) is 11.1 Å². The van der Waals surface area contributed by atoms with Gasteiger partial charge in [0.25, 0.3) is 5.56 Å². The Morgan fingerprint density at radius 2 is 2.23 bits per heavy atom. The van der Waals surface area contributed by atoms with Crippen molar-refractivity contribution in [3.63, 3.8) is 0 Å². The van der Waals surface area contributed by atoms with E-state index in [0.29, 0.717) is 0 Å². The number of pyridine rings is 1. The zero-order valence-electron chi connectivity index (χ0n) is 7.74. The molecule has 1 rings (SSSR count). The predicted octanol–water partition coefficient (Wildman–Crippen LogP) is 0.713. The maximum absolute atomic E-state index is 11.6. The van der Waals surface area contributed by atoms with Gasteiger partial charge in [-0.25, -0.2) is 0 Å². The summed E-state index contributed by atoms with van der Waals surface area (Å²) >= 11 is 0. The molecule has 0 unspecified atom stereocenters. The molecule has 0 aromatic carbocycles. The molecule has 1 heterocycles. The molecule has 0 bridgehead atoms. The summed E-state index contributed by atoms with van der Waals surface area (Å²) in [5, 5.41) is 7.18. The zero-order chi connectivity index (χ0) is 10.0. The van der Waals surface area contributed by atoms with Crippen LogP contribution in [0.5, 0.6) is 0 Å². The Morgan fingerprint density at radius 3 is 2.69 bits per heavy atom. The van der Waals surface area contributed by atoms with Crippen LogP contribution >= 0.6 is 0 Å². The van der Waals surface area contributed by atoms with Crippen LogP contribution in [0.2, 0.25) is 0 Å². The van der Waals surface area contributed by atoms with Crippen molar-refractivity contribution in [2.45, 2.75) is 19.9 Å². The molecule has 1 aromatic rings. The predicted molar refractivity (Wildman–Crippen MR) is 52.1 cm³/mol. The van der Waals surface area contributed by atoms with Gasteiger partial charge in [-0.3, -0.25) is 10.2 Å². The molecule has 0 aliphatic rings. The Balaban J connectivity index is 3.36. The summed E-state index contributed by atoms with van der Waals surface area (Å²) in [5.74, 6) is -0.181. The number of nitrogens with zero attached hydrogens (tertiary/aromatic N) is 1. The van der Waals surface area contributed by atoms with Gasteiger partial charge in [-0.2, -0.15) is 0 Å². The highest BCUT2D eigenvalue weighted by atomic mass is 16.1. The van der Waals surface area contributed by atoms with E-state index < -0.39 is 0 Å². The standard InChI is InChI=1S/C9H13N3O/c1-6(2)12-5-3-4-7(8(10)11)9(12)13/h3-6H,1-2H3,(H3,10,11). The van der Waals surface area contributed by atoms with Crippen molar-refractivity contribution in [1.29, 1.82) is 5.41 Å². The minimum Gasteiger partial charge on any atom is -0.384 e. The second-order valence-corrected chi connectivity index (χ2v) is 3.14. The molecule has 1 aromatic heterocycles.